The highest BCUT2D eigenvalue weighted by Gasteiger charge is 2.37. The van der Waals surface area contributed by atoms with Gasteiger partial charge in [0.15, 0.2) is 0 Å². The summed E-state index contributed by atoms with van der Waals surface area (Å²) in [6.07, 6.45) is 0. The zero-order valence-corrected chi connectivity index (χ0v) is 15.6. The van der Waals surface area contributed by atoms with Crippen LogP contribution in [-0.4, -0.2) is 14.2 Å². The van der Waals surface area contributed by atoms with E-state index in [1.54, 1.807) is 14.2 Å². The summed E-state index contributed by atoms with van der Waals surface area (Å²) in [5.74, 6) is 1.69. The van der Waals surface area contributed by atoms with E-state index < -0.39 is 0 Å². The van der Waals surface area contributed by atoms with Gasteiger partial charge < -0.3 is 9.47 Å². The van der Waals surface area contributed by atoms with E-state index in [0.717, 1.165) is 20.4 Å². The van der Waals surface area contributed by atoms with E-state index in [4.69, 9.17) is 9.47 Å². The molecule has 3 rings (SSSR count). The fourth-order valence-electron chi connectivity index (χ4n) is 3.04. The van der Waals surface area contributed by atoms with Crippen molar-refractivity contribution < 1.29 is 9.47 Å². The van der Waals surface area contributed by atoms with Crippen LogP contribution in [0.2, 0.25) is 0 Å². The Morgan fingerprint density at radius 2 is 1.14 bits per heavy atom. The summed E-state index contributed by atoms with van der Waals surface area (Å²) in [6, 6.07) is 8.52. The predicted octanol–water partition coefficient (Wildman–Crippen LogP) is 5.54. The van der Waals surface area contributed by atoms with Crippen molar-refractivity contribution in [2.75, 3.05) is 14.2 Å². The molecule has 1 aliphatic rings. The fraction of sp³-hybridized carbons (Fsp3) is 0.294. The van der Waals surface area contributed by atoms with Crippen molar-refractivity contribution >= 4 is 31.9 Å². The SMILES string of the molecule is COc1cc2c(cc1Br)C(C)(C)c1cc(Br)c(OC)cc1-2. The van der Waals surface area contributed by atoms with Gasteiger partial charge in [-0.3, -0.25) is 0 Å². The first-order valence-electron chi connectivity index (χ1n) is 6.66. The highest BCUT2D eigenvalue weighted by atomic mass is 79.9. The van der Waals surface area contributed by atoms with Gasteiger partial charge in [0.2, 0.25) is 0 Å². The first kappa shape index (κ1) is 14.9. The van der Waals surface area contributed by atoms with E-state index in [0.29, 0.717) is 0 Å². The largest absolute Gasteiger partial charge is 0.496 e. The van der Waals surface area contributed by atoms with Gasteiger partial charge >= 0.3 is 0 Å². The molecule has 0 aliphatic heterocycles. The molecule has 2 nitrogen and oxygen atoms in total. The molecular weight excluding hydrogens is 396 g/mol. The van der Waals surface area contributed by atoms with Gasteiger partial charge in [-0.1, -0.05) is 13.8 Å². The number of halogens is 2. The second kappa shape index (κ2) is 5.03. The lowest BCUT2D eigenvalue weighted by molar-refractivity contribution is 0.411. The van der Waals surface area contributed by atoms with Gasteiger partial charge in [-0.25, -0.2) is 0 Å². The van der Waals surface area contributed by atoms with Crippen LogP contribution in [0.25, 0.3) is 11.1 Å². The van der Waals surface area contributed by atoms with Crippen LogP contribution in [0.15, 0.2) is 33.2 Å². The zero-order chi connectivity index (χ0) is 15.4. The van der Waals surface area contributed by atoms with E-state index in [1.165, 1.54) is 22.3 Å². The second-order valence-corrected chi connectivity index (χ2v) is 7.40. The minimum absolute atomic E-state index is 0.0474. The average molecular weight is 412 g/mol. The summed E-state index contributed by atoms with van der Waals surface area (Å²) in [5, 5.41) is 0. The Hall–Kier alpha value is -1.00. The third-order valence-corrected chi connectivity index (χ3v) is 5.46. The Bertz CT molecular complexity index is 675. The van der Waals surface area contributed by atoms with Crippen molar-refractivity contribution in [1.29, 1.82) is 0 Å². The lowest BCUT2D eigenvalue weighted by Crippen LogP contribution is -2.15. The number of rotatable bonds is 2. The van der Waals surface area contributed by atoms with Gasteiger partial charge in [0.05, 0.1) is 23.2 Å². The fourth-order valence-corrected chi connectivity index (χ4v) is 4.06. The van der Waals surface area contributed by atoms with E-state index >= 15 is 0 Å². The minimum atomic E-state index is -0.0474. The van der Waals surface area contributed by atoms with Gasteiger partial charge in [0, 0.05) is 5.41 Å². The molecule has 0 saturated heterocycles. The number of hydrogen-bond donors (Lipinski definition) is 0. The standard InChI is InChI=1S/C17H16Br2O2/c1-17(2)11-7-13(18)15(20-3)5-9(11)10-6-16(21-4)14(19)8-12(10)17/h5-8H,1-4H3. The van der Waals surface area contributed by atoms with E-state index in [2.05, 4.69) is 70.0 Å². The summed E-state index contributed by atoms with van der Waals surface area (Å²) < 4.78 is 12.9. The maximum absolute atomic E-state index is 5.45. The smallest absolute Gasteiger partial charge is 0.133 e. The van der Waals surface area contributed by atoms with Crippen molar-refractivity contribution in [2.45, 2.75) is 19.3 Å². The molecule has 4 heteroatoms. The highest BCUT2D eigenvalue weighted by Crippen LogP contribution is 2.53. The van der Waals surface area contributed by atoms with Crippen molar-refractivity contribution in [2.24, 2.45) is 0 Å². The number of hydrogen-bond acceptors (Lipinski definition) is 2. The molecule has 0 heterocycles. The van der Waals surface area contributed by atoms with E-state index in [-0.39, 0.29) is 5.41 Å². The molecule has 0 saturated carbocycles. The van der Waals surface area contributed by atoms with E-state index in [9.17, 15) is 0 Å². The maximum Gasteiger partial charge on any atom is 0.133 e. The van der Waals surface area contributed by atoms with Crippen LogP contribution in [-0.2, 0) is 5.41 Å². The van der Waals surface area contributed by atoms with Crippen molar-refractivity contribution in [3.63, 3.8) is 0 Å². The number of benzene rings is 2. The third-order valence-electron chi connectivity index (χ3n) is 4.22. The van der Waals surface area contributed by atoms with Gasteiger partial charge in [-0.05, 0) is 78.4 Å². The molecule has 0 fully saturated rings. The Morgan fingerprint density at radius 3 is 1.48 bits per heavy atom. The lowest BCUT2D eigenvalue weighted by atomic mass is 9.82. The van der Waals surface area contributed by atoms with Crippen molar-refractivity contribution in [3.8, 4) is 22.6 Å². The van der Waals surface area contributed by atoms with Crippen LogP contribution in [0.1, 0.15) is 25.0 Å². The van der Waals surface area contributed by atoms with E-state index in [1.807, 2.05) is 0 Å². The molecule has 0 N–H and O–H groups in total. The minimum Gasteiger partial charge on any atom is -0.496 e. The average Bonchev–Trinajstić information content (AvgIpc) is 2.65. The van der Waals surface area contributed by atoms with Crippen LogP contribution in [0, 0.1) is 0 Å². The molecule has 0 atom stereocenters. The zero-order valence-electron chi connectivity index (χ0n) is 12.4. The molecular formula is C17H16Br2O2. The number of methoxy groups -OCH3 is 2. The first-order valence-corrected chi connectivity index (χ1v) is 8.25. The topological polar surface area (TPSA) is 18.5 Å². The van der Waals surface area contributed by atoms with Crippen molar-refractivity contribution in [1.82, 2.24) is 0 Å². The molecule has 0 radical (unpaired) electrons. The maximum atomic E-state index is 5.45. The van der Waals surface area contributed by atoms with Crippen molar-refractivity contribution in [3.05, 3.63) is 44.3 Å². The molecule has 0 aromatic heterocycles. The Labute approximate surface area is 141 Å². The highest BCUT2D eigenvalue weighted by molar-refractivity contribution is 9.10. The third kappa shape index (κ3) is 2.11. The summed E-state index contributed by atoms with van der Waals surface area (Å²) in [7, 11) is 3.38. The van der Waals surface area contributed by atoms with Gasteiger partial charge in [-0.2, -0.15) is 0 Å². The van der Waals surface area contributed by atoms with Crippen LogP contribution in [0.4, 0.5) is 0 Å². The van der Waals surface area contributed by atoms with Crippen LogP contribution in [0.5, 0.6) is 11.5 Å². The number of fused-ring (bicyclic) bond motifs is 3. The molecule has 0 unspecified atom stereocenters. The van der Waals surface area contributed by atoms with Gasteiger partial charge in [-0.15, -0.1) is 0 Å². The summed E-state index contributed by atoms with van der Waals surface area (Å²) in [6.45, 7) is 4.49. The summed E-state index contributed by atoms with van der Waals surface area (Å²) in [5.41, 5.74) is 4.96. The molecule has 0 amide bonds. The Kier molecular flexibility index (Phi) is 3.57. The summed E-state index contributed by atoms with van der Waals surface area (Å²) >= 11 is 7.18. The molecule has 2 aromatic carbocycles. The first-order chi connectivity index (χ1) is 9.90. The molecule has 2 aromatic rings. The molecule has 1 aliphatic carbocycles. The molecule has 0 bridgehead atoms. The lowest BCUT2D eigenvalue weighted by Gasteiger charge is -2.22. The Balaban J connectivity index is 2.34. The van der Waals surface area contributed by atoms with Gasteiger partial charge in [0.25, 0.3) is 0 Å². The van der Waals surface area contributed by atoms with Crippen LogP contribution >= 0.6 is 31.9 Å². The molecule has 110 valence electrons. The normalized spacial score (nSPS) is 14.6. The number of ether oxygens (including phenoxy) is 2. The van der Waals surface area contributed by atoms with Gasteiger partial charge in [0.1, 0.15) is 11.5 Å². The Morgan fingerprint density at radius 1 is 0.762 bits per heavy atom. The van der Waals surface area contributed by atoms with Crippen LogP contribution in [0.3, 0.4) is 0 Å². The molecule has 0 spiro atoms. The second-order valence-electron chi connectivity index (χ2n) is 5.69. The summed E-state index contributed by atoms with van der Waals surface area (Å²) in [4.78, 5) is 0. The quantitative estimate of drug-likeness (QED) is 0.646. The van der Waals surface area contributed by atoms with Crippen LogP contribution < -0.4 is 9.47 Å². The monoisotopic (exact) mass is 410 g/mol. The predicted molar refractivity (Wildman–Crippen MR) is 92.5 cm³/mol. The molecule has 21 heavy (non-hydrogen) atoms.